The van der Waals surface area contributed by atoms with E-state index in [4.69, 9.17) is 9.47 Å². The van der Waals surface area contributed by atoms with Gasteiger partial charge in [0.15, 0.2) is 0 Å². The predicted molar refractivity (Wildman–Crippen MR) is 72.8 cm³/mol. The Morgan fingerprint density at radius 1 is 1.50 bits per heavy atom. The summed E-state index contributed by atoms with van der Waals surface area (Å²) in [5, 5.41) is 13.6. The monoisotopic (exact) mass is 273 g/mol. The van der Waals surface area contributed by atoms with Crippen LogP contribution in [0.15, 0.2) is 18.2 Å². The molecule has 0 unspecified atom stereocenters. The molecule has 102 valence electrons. The zero-order chi connectivity index (χ0) is 12.3. The maximum atomic E-state index is 10.3. The summed E-state index contributed by atoms with van der Waals surface area (Å²) < 4.78 is 10.8. The molecule has 0 spiro atoms. The Morgan fingerprint density at radius 2 is 2.28 bits per heavy atom. The summed E-state index contributed by atoms with van der Waals surface area (Å²) in [5.41, 5.74) is 0.796. The van der Waals surface area contributed by atoms with Crippen molar-refractivity contribution in [3.8, 4) is 11.5 Å². The van der Waals surface area contributed by atoms with Gasteiger partial charge in [0, 0.05) is 5.56 Å². The Hall–Kier alpha value is -0.970. The SMILES string of the molecule is CCCN[C@H]1COc2ccc(OC)cc2[C@@H]1O.Cl. The van der Waals surface area contributed by atoms with Crippen molar-refractivity contribution in [2.45, 2.75) is 25.5 Å². The number of benzene rings is 1. The molecule has 0 aromatic heterocycles. The second-order valence-corrected chi connectivity index (χ2v) is 4.22. The third kappa shape index (κ3) is 3.07. The molecule has 1 aliphatic heterocycles. The Labute approximate surface area is 114 Å². The van der Waals surface area contributed by atoms with E-state index in [0.29, 0.717) is 6.61 Å². The maximum Gasteiger partial charge on any atom is 0.125 e. The molecule has 0 radical (unpaired) electrons. The molecule has 1 aromatic carbocycles. The lowest BCUT2D eigenvalue weighted by molar-refractivity contribution is 0.0735. The number of halogens is 1. The van der Waals surface area contributed by atoms with Crippen molar-refractivity contribution in [3.05, 3.63) is 23.8 Å². The first-order valence-electron chi connectivity index (χ1n) is 5.98. The van der Waals surface area contributed by atoms with Gasteiger partial charge in [0.05, 0.1) is 13.2 Å². The van der Waals surface area contributed by atoms with E-state index in [0.717, 1.165) is 30.0 Å². The molecule has 2 rings (SSSR count). The molecule has 4 nitrogen and oxygen atoms in total. The molecule has 1 aliphatic rings. The quantitative estimate of drug-likeness (QED) is 0.880. The summed E-state index contributed by atoms with van der Waals surface area (Å²) >= 11 is 0. The molecule has 1 heterocycles. The van der Waals surface area contributed by atoms with Crippen molar-refractivity contribution < 1.29 is 14.6 Å². The van der Waals surface area contributed by atoms with Crippen LogP contribution in [0, 0.1) is 0 Å². The van der Waals surface area contributed by atoms with E-state index in [2.05, 4.69) is 12.2 Å². The highest BCUT2D eigenvalue weighted by atomic mass is 35.5. The van der Waals surface area contributed by atoms with Gasteiger partial charge in [-0.1, -0.05) is 6.92 Å². The average molecular weight is 274 g/mol. The van der Waals surface area contributed by atoms with E-state index >= 15 is 0 Å². The van der Waals surface area contributed by atoms with Gasteiger partial charge in [-0.25, -0.2) is 0 Å². The molecule has 1 aromatic rings. The van der Waals surface area contributed by atoms with Gasteiger partial charge in [0.2, 0.25) is 0 Å². The summed E-state index contributed by atoms with van der Waals surface area (Å²) in [6.07, 6.45) is 0.495. The van der Waals surface area contributed by atoms with E-state index < -0.39 is 6.10 Å². The van der Waals surface area contributed by atoms with E-state index in [1.807, 2.05) is 18.2 Å². The summed E-state index contributed by atoms with van der Waals surface area (Å²) in [6, 6.07) is 5.47. The van der Waals surface area contributed by atoms with Crippen molar-refractivity contribution in [2.24, 2.45) is 0 Å². The molecule has 0 aliphatic carbocycles. The van der Waals surface area contributed by atoms with Crippen LogP contribution in [0.3, 0.4) is 0 Å². The van der Waals surface area contributed by atoms with E-state index in [1.54, 1.807) is 7.11 Å². The van der Waals surface area contributed by atoms with Crippen LogP contribution in [0.4, 0.5) is 0 Å². The average Bonchev–Trinajstić information content (AvgIpc) is 2.38. The molecular weight excluding hydrogens is 254 g/mol. The molecule has 0 saturated carbocycles. The third-order valence-corrected chi connectivity index (χ3v) is 2.99. The van der Waals surface area contributed by atoms with Gasteiger partial charge in [-0.3, -0.25) is 0 Å². The zero-order valence-electron chi connectivity index (χ0n) is 10.7. The Morgan fingerprint density at radius 3 is 2.94 bits per heavy atom. The number of aliphatic hydroxyl groups is 1. The molecular formula is C13H20ClNO3. The molecule has 0 fully saturated rings. The molecule has 18 heavy (non-hydrogen) atoms. The van der Waals surface area contributed by atoms with Crippen molar-refractivity contribution in [3.63, 3.8) is 0 Å². The topological polar surface area (TPSA) is 50.7 Å². The molecule has 2 atom stereocenters. The Kier molecular flexibility index (Phi) is 5.72. The van der Waals surface area contributed by atoms with Crippen LogP contribution in [0.2, 0.25) is 0 Å². The van der Waals surface area contributed by atoms with Crippen LogP contribution in [-0.2, 0) is 0 Å². The lowest BCUT2D eigenvalue weighted by atomic mass is 9.99. The van der Waals surface area contributed by atoms with E-state index in [9.17, 15) is 5.11 Å². The first-order chi connectivity index (χ1) is 8.26. The number of fused-ring (bicyclic) bond motifs is 1. The van der Waals surface area contributed by atoms with Crippen LogP contribution in [0.1, 0.15) is 25.0 Å². The molecule has 0 bridgehead atoms. The third-order valence-electron chi connectivity index (χ3n) is 2.99. The van der Waals surface area contributed by atoms with Crippen molar-refractivity contribution in [1.29, 1.82) is 0 Å². The van der Waals surface area contributed by atoms with E-state index in [-0.39, 0.29) is 18.4 Å². The molecule has 0 amide bonds. The molecule has 0 saturated heterocycles. The van der Waals surface area contributed by atoms with Gasteiger partial charge < -0.3 is 19.9 Å². The highest BCUT2D eigenvalue weighted by Gasteiger charge is 2.29. The van der Waals surface area contributed by atoms with Crippen LogP contribution in [0.25, 0.3) is 0 Å². The lowest BCUT2D eigenvalue weighted by Crippen LogP contribution is -2.42. The standard InChI is InChI=1S/C13H19NO3.ClH/c1-3-6-14-11-8-17-12-5-4-9(16-2)7-10(12)13(11)15;/h4-5,7,11,13-15H,3,6,8H2,1-2H3;1H/t11-,13-;/m0./s1. The van der Waals surface area contributed by atoms with Gasteiger partial charge in [-0.2, -0.15) is 0 Å². The Bertz CT molecular complexity index is 386. The second-order valence-electron chi connectivity index (χ2n) is 4.22. The minimum Gasteiger partial charge on any atom is -0.497 e. The van der Waals surface area contributed by atoms with Crippen LogP contribution in [0.5, 0.6) is 11.5 Å². The van der Waals surface area contributed by atoms with Gasteiger partial charge in [0.25, 0.3) is 0 Å². The Balaban J connectivity index is 0.00000162. The number of methoxy groups -OCH3 is 1. The summed E-state index contributed by atoms with van der Waals surface area (Å²) in [6.45, 7) is 3.48. The fourth-order valence-electron chi connectivity index (χ4n) is 2.00. The van der Waals surface area contributed by atoms with Crippen LogP contribution >= 0.6 is 12.4 Å². The lowest BCUT2D eigenvalue weighted by Gasteiger charge is -2.31. The first-order valence-corrected chi connectivity index (χ1v) is 5.98. The van der Waals surface area contributed by atoms with Crippen molar-refractivity contribution in [1.82, 2.24) is 5.32 Å². The van der Waals surface area contributed by atoms with Gasteiger partial charge in [0.1, 0.15) is 24.2 Å². The number of aliphatic hydroxyl groups excluding tert-OH is 1. The summed E-state index contributed by atoms with van der Waals surface area (Å²) in [5.74, 6) is 1.48. The molecule has 5 heteroatoms. The van der Waals surface area contributed by atoms with Crippen LogP contribution in [-0.4, -0.2) is 31.4 Å². The largest absolute Gasteiger partial charge is 0.497 e. The van der Waals surface area contributed by atoms with Gasteiger partial charge in [-0.05, 0) is 31.2 Å². The number of ether oxygens (including phenoxy) is 2. The zero-order valence-corrected chi connectivity index (χ0v) is 11.5. The number of hydrogen-bond donors (Lipinski definition) is 2. The highest BCUT2D eigenvalue weighted by Crippen LogP contribution is 2.34. The second kappa shape index (κ2) is 6.83. The molecule has 2 N–H and O–H groups in total. The predicted octanol–water partition coefficient (Wildman–Crippen LogP) is 1.91. The van der Waals surface area contributed by atoms with Gasteiger partial charge in [-0.15, -0.1) is 12.4 Å². The summed E-state index contributed by atoms with van der Waals surface area (Å²) in [7, 11) is 1.62. The van der Waals surface area contributed by atoms with Crippen LogP contribution < -0.4 is 14.8 Å². The normalized spacial score (nSPS) is 21.5. The smallest absolute Gasteiger partial charge is 0.125 e. The highest BCUT2D eigenvalue weighted by molar-refractivity contribution is 5.85. The fraction of sp³-hybridized carbons (Fsp3) is 0.538. The summed E-state index contributed by atoms with van der Waals surface area (Å²) in [4.78, 5) is 0. The minimum atomic E-state index is -0.541. The van der Waals surface area contributed by atoms with Crippen molar-refractivity contribution >= 4 is 12.4 Å². The number of rotatable bonds is 4. The number of nitrogens with one attached hydrogen (secondary N) is 1. The van der Waals surface area contributed by atoms with E-state index in [1.165, 1.54) is 0 Å². The van der Waals surface area contributed by atoms with Gasteiger partial charge >= 0.3 is 0 Å². The fourth-order valence-corrected chi connectivity index (χ4v) is 2.00. The number of hydrogen-bond acceptors (Lipinski definition) is 4. The first kappa shape index (κ1) is 15.1. The minimum absolute atomic E-state index is 0. The maximum absolute atomic E-state index is 10.3. The van der Waals surface area contributed by atoms with Crippen molar-refractivity contribution in [2.75, 3.05) is 20.3 Å².